The van der Waals surface area contributed by atoms with Crippen LogP contribution in [0.5, 0.6) is 11.5 Å². The number of nitrogens with zero attached hydrogens (tertiary/aromatic N) is 1. The van der Waals surface area contributed by atoms with Crippen molar-refractivity contribution < 1.29 is 24.2 Å². The number of carbonyl (C=O) groups excluding carboxylic acids is 2. The van der Waals surface area contributed by atoms with Gasteiger partial charge in [-0.1, -0.05) is 11.6 Å². The Balaban J connectivity index is 2.56. The van der Waals surface area contributed by atoms with Crippen LogP contribution >= 0.6 is 11.6 Å². The Morgan fingerprint density at radius 2 is 1.86 bits per heavy atom. The van der Waals surface area contributed by atoms with Crippen molar-refractivity contribution in [3.05, 3.63) is 50.8 Å². The number of esters is 1. The molecule has 0 aliphatic carbocycles. The minimum Gasteiger partial charge on any atom is -0.503 e. The summed E-state index contributed by atoms with van der Waals surface area (Å²) in [4.78, 5) is 28.3. The van der Waals surface area contributed by atoms with Crippen molar-refractivity contribution in [1.29, 1.82) is 5.26 Å². The van der Waals surface area contributed by atoms with Crippen LogP contribution in [0.2, 0.25) is 5.02 Å². The molecule has 0 atom stereocenters. The highest BCUT2D eigenvalue weighted by Crippen LogP contribution is 2.36. The minimum absolute atomic E-state index is 0.0211. The summed E-state index contributed by atoms with van der Waals surface area (Å²) in [6, 6.07) is 4.75. The van der Waals surface area contributed by atoms with Crippen molar-refractivity contribution in [3.63, 3.8) is 0 Å². The third kappa shape index (κ3) is 4.61. The molecular weight excluding hydrogens is 396 g/mol. The third-order valence-electron chi connectivity index (χ3n) is 4.11. The standard InChI is InChI=1S/C21H21ClN2O5/c1-5-28-16-9-13(8-15(22)20(16)26)7-14(10-23)19(25)17-11(3)24-12(4)18(17)21(27)29-6-2/h7-9,24,26H,5-6H2,1-4H3/b14-7+. The van der Waals surface area contributed by atoms with Crippen molar-refractivity contribution in [2.24, 2.45) is 0 Å². The predicted octanol–water partition coefficient (Wildman–Crippen LogP) is 4.36. The molecule has 0 spiro atoms. The molecule has 0 unspecified atom stereocenters. The summed E-state index contributed by atoms with van der Waals surface area (Å²) in [5.74, 6) is -1.35. The van der Waals surface area contributed by atoms with Crippen molar-refractivity contribution in [2.45, 2.75) is 27.7 Å². The van der Waals surface area contributed by atoms with E-state index in [2.05, 4.69) is 4.98 Å². The summed E-state index contributed by atoms with van der Waals surface area (Å²) in [5, 5.41) is 19.5. The number of H-pyrrole nitrogens is 1. The molecule has 1 heterocycles. The lowest BCUT2D eigenvalue weighted by atomic mass is 9.98. The van der Waals surface area contributed by atoms with Crippen LogP contribution in [-0.4, -0.2) is 35.1 Å². The average molecular weight is 417 g/mol. The van der Waals surface area contributed by atoms with Gasteiger partial charge in [-0.05, 0) is 51.5 Å². The number of phenols is 1. The van der Waals surface area contributed by atoms with E-state index in [-0.39, 0.29) is 39.8 Å². The molecule has 0 bridgehead atoms. The SMILES string of the molecule is CCOC(=O)c1c(C)[nH]c(C)c1C(=O)/C(C#N)=C/c1cc(Cl)c(O)c(OCC)c1. The highest BCUT2D eigenvalue weighted by Gasteiger charge is 2.27. The number of nitriles is 1. The Bertz CT molecular complexity index is 1030. The lowest BCUT2D eigenvalue weighted by Gasteiger charge is -2.09. The smallest absolute Gasteiger partial charge is 0.340 e. The Hall–Kier alpha value is -3.24. The van der Waals surface area contributed by atoms with E-state index in [0.717, 1.165) is 0 Å². The summed E-state index contributed by atoms with van der Waals surface area (Å²) in [6.07, 6.45) is 1.33. The maximum atomic E-state index is 13.1. The maximum Gasteiger partial charge on any atom is 0.340 e. The second kappa shape index (κ2) is 9.30. The van der Waals surface area contributed by atoms with Gasteiger partial charge < -0.3 is 19.6 Å². The average Bonchev–Trinajstić information content (AvgIpc) is 2.97. The first-order valence-corrected chi connectivity index (χ1v) is 9.30. The number of aryl methyl sites for hydroxylation is 2. The van der Waals surface area contributed by atoms with Gasteiger partial charge in [-0.15, -0.1) is 0 Å². The fourth-order valence-electron chi connectivity index (χ4n) is 2.92. The van der Waals surface area contributed by atoms with Crippen LogP contribution in [0.4, 0.5) is 0 Å². The number of phenolic OH excluding ortho intramolecular Hbond substituents is 1. The van der Waals surface area contributed by atoms with Crippen LogP contribution in [0.3, 0.4) is 0 Å². The number of Topliss-reactive ketones (excluding diaryl/α,β-unsaturated/α-hetero) is 1. The number of aromatic nitrogens is 1. The number of ketones is 1. The number of allylic oxidation sites excluding steroid dienone is 1. The molecule has 2 rings (SSSR count). The second-order valence-electron chi connectivity index (χ2n) is 6.13. The molecule has 0 saturated carbocycles. The molecule has 7 nitrogen and oxygen atoms in total. The molecule has 0 fully saturated rings. The van der Waals surface area contributed by atoms with Gasteiger partial charge in [-0.25, -0.2) is 4.79 Å². The number of halogens is 1. The number of hydrogen-bond acceptors (Lipinski definition) is 6. The number of aromatic amines is 1. The largest absolute Gasteiger partial charge is 0.503 e. The number of ether oxygens (including phenoxy) is 2. The topological polar surface area (TPSA) is 112 Å². The lowest BCUT2D eigenvalue weighted by Crippen LogP contribution is -2.13. The van der Waals surface area contributed by atoms with E-state index in [1.54, 1.807) is 27.7 Å². The first-order chi connectivity index (χ1) is 13.7. The fourth-order valence-corrected chi connectivity index (χ4v) is 3.14. The van der Waals surface area contributed by atoms with Gasteiger partial charge in [-0.3, -0.25) is 4.79 Å². The number of rotatable bonds is 7. The summed E-state index contributed by atoms with van der Waals surface area (Å²) >= 11 is 6.01. The molecule has 1 aromatic carbocycles. The van der Waals surface area contributed by atoms with Gasteiger partial charge in [0.25, 0.3) is 0 Å². The lowest BCUT2D eigenvalue weighted by molar-refractivity contribution is 0.0523. The molecule has 0 saturated heterocycles. The van der Waals surface area contributed by atoms with E-state index in [1.165, 1.54) is 18.2 Å². The fraction of sp³-hybridized carbons (Fsp3) is 0.286. The van der Waals surface area contributed by atoms with Crippen LogP contribution in [0, 0.1) is 25.2 Å². The normalized spacial score (nSPS) is 11.1. The maximum absolute atomic E-state index is 13.1. The Morgan fingerprint density at radius 3 is 2.45 bits per heavy atom. The molecule has 8 heteroatoms. The number of hydrogen-bond donors (Lipinski definition) is 2. The highest BCUT2D eigenvalue weighted by atomic mass is 35.5. The van der Waals surface area contributed by atoms with Crippen molar-refractivity contribution >= 4 is 29.4 Å². The molecule has 0 aliphatic heterocycles. The molecule has 2 aromatic rings. The highest BCUT2D eigenvalue weighted by molar-refractivity contribution is 6.32. The Morgan fingerprint density at radius 1 is 1.21 bits per heavy atom. The van der Waals surface area contributed by atoms with Crippen molar-refractivity contribution in [2.75, 3.05) is 13.2 Å². The predicted molar refractivity (Wildman–Crippen MR) is 108 cm³/mol. The zero-order chi connectivity index (χ0) is 21.7. The summed E-state index contributed by atoms with van der Waals surface area (Å²) in [6.45, 7) is 7.16. The summed E-state index contributed by atoms with van der Waals surface area (Å²) in [7, 11) is 0. The van der Waals surface area contributed by atoms with Crippen molar-refractivity contribution in [1.82, 2.24) is 4.98 Å². The molecule has 0 amide bonds. The monoisotopic (exact) mass is 416 g/mol. The zero-order valence-corrected chi connectivity index (χ0v) is 17.3. The molecule has 2 N–H and O–H groups in total. The zero-order valence-electron chi connectivity index (χ0n) is 16.6. The number of nitrogens with one attached hydrogen (secondary N) is 1. The van der Waals surface area contributed by atoms with Gasteiger partial charge in [0.05, 0.1) is 29.4 Å². The summed E-state index contributed by atoms with van der Waals surface area (Å²) < 4.78 is 10.4. The minimum atomic E-state index is -0.638. The van der Waals surface area contributed by atoms with E-state index < -0.39 is 11.8 Å². The van der Waals surface area contributed by atoms with E-state index >= 15 is 0 Å². The third-order valence-corrected chi connectivity index (χ3v) is 4.40. The van der Waals surface area contributed by atoms with Crippen LogP contribution in [0.1, 0.15) is 51.5 Å². The first kappa shape index (κ1) is 22.1. The van der Waals surface area contributed by atoms with E-state index in [0.29, 0.717) is 23.6 Å². The van der Waals surface area contributed by atoms with Gasteiger partial charge in [0, 0.05) is 11.4 Å². The number of carbonyl (C=O) groups is 2. The Kier molecular flexibility index (Phi) is 7.08. The summed E-state index contributed by atoms with van der Waals surface area (Å²) in [5.41, 5.74) is 1.31. The molecule has 29 heavy (non-hydrogen) atoms. The van der Waals surface area contributed by atoms with Gasteiger partial charge in [0.15, 0.2) is 11.5 Å². The number of aromatic hydroxyl groups is 1. The van der Waals surface area contributed by atoms with Crippen molar-refractivity contribution in [3.8, 4) is 17.6 Å². The molecule has 0 aliphatic rings. The van der Waals surface area contributed by atoms with Gasteiger partial charge in [-0.2, -0.15) is 5.26 Å². The quantitative estimate of drug-likeness (QED) is 0.300. The van der Waals surface area contributed by atoms with Gasteiger partial charge >= 0.3 is 5.97 Å². The van der Waals surface area contributed by atoms with Crippen LogP contribution in [0.25, 0.3) is 6.08 Å². The molecular formula is C21H21ClN2O5. The second-order valence-corrected chi connectivity index (χ2v) is 6.53. The van der Waals surface area contributed by atoms with Crippen LogP contribution in [-0.2, 0) is 4.74 Å². The van der Waals surface area contributed by atoms with Gasteiger partial charge in [0.1, 0.15) is 11.6 Å². The molecule has 1 aromatic heterocycles. The van der Waals surface area contributed by atoms with E-state index in [9.17, 15) is 20.0 Å². The molecule has 152 valence electrons. The Labute approximate surface area is 173 Å². The van der Waals surface area contributed by atoms with E-state index in [4.69, 9.17) is 21.1 Å². The van der Waals surface area contributed by atoms with E-state index in [1.807, 2.05) is 6.07 Å². The molecule has 0 radical (unpaired) electrons. The van der Waals surface area contributed by atoms with Crippen LogP contribution < -0.4 is 4.74 Å². The van der Waals surface area contributed by atoms with Crippen LogP contribution in [0.15, 0.2) is 17.7 Å². The first-order valence-electron chi connectivity index (χ1n) is 8.93. The van der Waals surface area contributed by atoms with Gasteiger partial charge in [0.2, 0.25) is 5.78 Å². The number of benzene rings is 1.